The summed E-state index contributed by atoms with van der Waals surface area (Å²) >= 11 is 0. The molecule has 1 aliphatic heterocycles. The van der Waals surface area contributed by atoms with Crippen molar-refractivity contribution >= 4 is 16.8 Å². The van der Waals surface area contributed by atoms with Crippen LogP contribution in [-0.2, 0) is 17.8 Å². The van der Waals surface area contributed by atoms with Gasteiger partial charge in [0.25, 0.3) is 0 Å². The van der Waals surface area contributed by atoms with Crippen molar-refractivity contribution in [1.82, 2.24) is 9.47 Å². The molecule has 1 fully saturated rings. The van der Waals surface area contributed by atoms with Crippen LogP contribution < -0.4 is 0 Å². The van der Waals surface area contributed by atoms with Gasteiger partial charge in [0.15, 0.2) is 0 Å². The number of rotatable bonds is 5. The number of aliphatic hydroxyl groups is 1. The number of hydrogen-bond donors (Lipinski definition) is 1. The number of aliphatic hydroxyl groups excluding tert-OH is 1. The van der Waals surface area contributed by atoms with E-state index in [0.717, 1.165) is 37.9 Å². The minimum atomic E-state index is 0.156. The van der Waals surface area contributed by atoms with E-state index in [4.69, 9.17) is 0 Å². The quantitative estimate of drug-likeness (QED) is 0.922. The summed E-state index contributed by atoms with van der Waals surface area (Å²) in [5.41, 5.74) is 2.31. The molecule has 0 aliphatic carbocycles. The summed E-state index contributed by atoms with van der Waals surface area (Å²) in [6.45, 7) is 4.02. The molecule has 1 unspecified atom stereocenters. The summed E-state index contributed by atoms with van der Waals surface area (Å²) in [6, 6.07) is 8.50. The Labute approximate surface area is 137 Å². The molecular weight excluding hydrogens is 288 g/mol. The number of carbonyl (C=O) groups is 1. The van der Waals surface area contributed by atoms with Gasteiger partial charge < -0.3 is 14.6 Å². The summed E-state index contributed by atoms with van der Waals surface area (Å²) < 4.78 is 2.21. The number of carbonyl (C=O) groups excluding carboxylic acids is 1. The first-order valence-corrected chi connectivity index (χ1v) is 8.71. The van der Waals surface area contributed by atoms with E-state index in [0.29, 0.717) is 12.8 Å². The number of nitrogens with zero attached hydrogens (tertiary/aromatic N) is 2. The molecule has 1 aromatic carbocycles. The second kappa shape index (κ2) is 7.18. The van der Waals surface area contributed by atoms with E-state index in [1.807, 2.05) is 17.0 Å². The fourth-order valence-corrected chi connectivity index (χ4v) is 3.77. The highest BCUT2D eigenvalue weighted by molar-refractivity contribution is 5.89. The fraction of sp³-hybridized carbons (Fsp3) is 0.526. The number of aromatic nitrogens is 1. The molecule has 1 amide bonds. The zero-order valence-electron chi connectivity index (χ0n) is 13.9. The molecule has 2 aromatic rings. The molecule has 23 heavy (non-hydrogen) atoms. The Balaban J connectivity index is 1.82. The van der Waals surface area contributed by atoms with Gasteiger partial charge in [-0.1, -0.05) is 18.2 Å². The van der Waals surface area contributed by atoms with E-state index in [-0.39, 0.29) is 18.6 Å². The van der Waals surface area contributed by atoms with Crippen LogP contribution in [0.15, 0.2) is 30.5 Å². The van der Waals surface area contributed by atoms with Crippen molar-refractivity contribution in [3.63, 3.8) is 0 Å². The number of fused-ring (bicyclic) bond motifs is 1. The first-order valence-electron chi connectivity index (χ1n) is 8.71. The lowest BCUT2D eigenvalue weighted by Crippen LogP contribution is -2.44. The van der Waals surface area contributed by atoms with Crippen LogP contribution in [-0.4, -0.2) is 39.7 Å². The third-order valence-electron chi connectivity index (χ3n) is 4.96. The van der Waals surface area contributed by atoms with Gasteiger partial charge in [0.05, 0.1) is 6.42 Å². The van der Waals surface area contributed by atoms with Crippen molar-refractivity contribution in [2.75, 3.05) is 13.2 Å². The van der Waals surface area contributed by atoms with E-state index in [1.54, 1.807) is 0 Å². The zero-order valence-corrected chi connectivity index (χ0v) is 13.9. The van der Waals surface area contributed by atoms with Crippen molar-refractivity contribution in [3.8, 4) is 0 Å². The Morgan fingerprint density at radius 3 is 2.91 bits per heavy atom. The van der Waals surface area contributed by atoms with Crippen LogP contribution in [0.25, 0.3) is 10.9 Å². The van der Waals surface area contributed by atoms with Crippen LogP contribution in [0.2, 0.25) is 0 Å². The Hall–Kier alpha value is -1.81. The smallest absolute Gasteiger partial charge is 0.227 e. The van der Waals surface area contributed by atoms with E-state index in [1.165, 1.54) is 10.9 Å². The summed E-state index contributed by atoms with van der Waals surface area (Å²) in [5, 5.41) is 10.4. The molecule has 1 N–H and O–H groups in total. The van der Waals surface area contributed by atoms with Crippen LogP contribution in [0.5, 0.6) is 0 Å². The predicted molar refractivity (Wildman–Crippen MR) is 92.4 cm³/mol. The fourth-order valence-electron chi connectivity index (χ4n) is 3.77. The van der Waals surface area contributed by atoms with Gasteiger partial charge in [-0.15, -0.1) is 0 Å². The minimum absolute atomic E-state index is 0.156. The molecule has 3 rings (SSSR count). The molecular formula is C19H26N2O2. The average Bonchev–Trinajstić information content (AvgIpc) is 2.94. The van der Waals surface area contributed by atoms with Crippen molar-refractivity contribution in [1.29, 1.82) is 0 Å². The van der Waals surface area contributed by atoms with E-state index in [2.05, 4.69) is 29.8 Å². The number of benzene rings is 1. The van der Waals surface area contributed by atoms with E-state index >= 15 is 0 Å². The number of piperidine rings is 1. The maximum absolute atomic E-state index is 12.8. The normalized spacial score (nSPS) is 18.5. The molecule has 1 aliphatic rings. The largest absolute Gasteiger partial charge is 0.396 e. The molecule has 2 heterocycles. The molecule has 1 aromatic heterocycles. The van der Waals surface area contributed by atoms with Crippen LogP contribution >= 0.6 is 0 Å². The maximum Gasteiger partial charge on any atom is 0.227 e. The predicted octanol–water partition coefficient (Wildman–Crippen LogP) is 2.97. The van der Waals surface area contributed by atoms with Gasteiger partial charge in [0.1, 0.15) is 0 Å². The molecule has 4 heteroatoms. The first kappa shape index (κ1) is 16.1. The lowest BCUT2D eigenvalue weighted by molar-refractivity contribution is -0.134. The first-order chi connectivity index (χ1) is 11.2. The van der Waals surface area contributed by atoms with E-state index < -0.39 is 0 Å². The van der Waals surface area contributed by atoms with Crippen LogP contribution in [0.3, 0.4) is 0 Å². The van der Waals surface area contributed by atoms with Gasteiger partial charge in [-0.25, -0.2) is 0 Å². The summed E-state index contributed by atoms with van der Waals surface area (Å²) in [4.78, 5) is 14.8. The Morgan fingerprint density at radius 1 is 1.30 bits per heavy atom. The van der Waals surface area contributed by atoms with Gasteiger partial charge in [-0.3, -0.25) is 4.79 Å². The van der Waals surface area contributed by atoms with Gasteiger partial charge in [0.2, 0.25) is 5.91 Å². The van der Waals surface area contributed by atoms with E-state index in [9.17, 15) is 9.90 Å². The lowest BCUT2D eigenvalue weighted by atomic mass is 9.98. The summed E-state index contributed by atoms with van der Waals surface area (Å²) in [7, 11) is 0. The van der Waals surface area contributed by atoms with Gasteiger partial charge in [-0.05, 0) is 44.2 Å². The zero-order chi connectivity index (χ0) is 16.2. The second-order valence-corrected chi connectivity index (χ2v) is 6.38. The standard InChI is InChI=1S/C19H26N2O2/c1-2-20-14-15(17-8-3-4-9-18(17)20)13-19(23)21-11-6-5-7-16(21)10-12-22/h3-4,8-9,14,16,22H,2,5-7,10-13H2,1H3. The topological polar surface area (TPSA) is 45.5 Å². The molecule has 4 nitrogen and oxygen atoms in total. The van der Waals surface area contributed by atoms with Gasteiger partial charge in [-0.2, -0.15) is 0 Å². The monoisotopic (exact) mass is 314 g/mol. The number of likely N-dealkylation sites (tertiary alicyclic amines) is 1. The summed E-state index contributed by atoms with van der Waals surface area (Å²) in [5.74, 6) is 0.196. The Morgan fingerprint density at radius 2 is 2.13 bits per heavy atom. The third-order valence-corrected chi connectivity index (χ3v) is 4.96. The van der Waals surface area contributed by atoms with Crippen molar-refractivity contribution in [3.05, 3.63) is 36.0 Å². The number of hydrogen-bond acceptors (Lipinski definition) is 2. The highest BCUT2D eigenvalue weighted by Crippen LogP contribution is 2.25. The van der Waals surface area contributed by atoms with Crippen LogP contribution in [0.1, 0.15) is 38.2 Å². The third kappa shape index (κ3) is 3.27. The second-order valence-electron chi connectivity index (χ2n) is 6.38. The molecule has 0 saturated carbocycles. The van der Waals surface area contributed by atoms with Crippen LogP contribution in [0, 0.1) is 0 Å². The molecule has 0 spiro atoms. The molecule has 124 valence electrons. The Kier molecular flexibility index (Phi) is 5.01. The maximum atomic E-state index is 12.8. The number of amides is 1. The lowest BCUT2D eigenvalue weighted by Gasteiger charge is -2.35. The summed E-state index contributed by atoms with van der Waals surface area (Å²) in [6.07, 6.45) is 6.52. The Bertz CT molecular complexity index is 675. The van der Waals surface area contributed by atoms with Crippen LogP contribution in [0.4, 0.5) is 0 Å². The van der Waals surface area contributed by atoms with Crippen molar-refractivity contribution < 1.29 is 9.90 Å². The number of para-hydroxylation sites is 1. The van der Waals surface area contributed by atoms with Gasteiger partial charge >= 0.3 is 0 Å². The SMILES string of the molecule is CCn1cc(CC(=O)N2CCCCC2CCO)c2ccccc21. The molecule has 0 bridgehead atoms. The molecule has 1 saturated heterocycles. The average molecular weight is 314 g/mol. The highest BCUT2D eigenvalue weighted by atomic mass is 16.3. The van der Waals surface area contributed by atoms with Gasteiger partial charge in [0, 0.05) is 42.8 Å². The van der Waals surface area contributed by atoms with Crippen molar-refractivity contribution in [2.24, 2.45) is 0 Å². The minimum Gasteiger partial charge on any atom is -0.396 e. The highest BCUT2D eigenvalue weighted by Gasteiger charge is 2.26. The van der Waals surface area contributed by atoms with Crippen molar-refractivity contribution in [2.45, 2.75) is 51.6 Å². The molecule has 0 radical (unpaired) electrons. The number of aryl methyl sites for hydroxylation is 1. The molecule has 1 atom stereocenters.